The molecule has 1 aromatic rings. The Balaban J connectivity index is 2.85. The lowest BCUT2D eigenvalue weighted by atomic mass is 10.2. The third kappa shape index (κ3) is 3.65. The van der Waals surface area contributed by atoms with Crippen LogP contribution in [0, 0.1) is 0 Å². The molecule has 0 aliphatic rings. The van der Waals surface area contributed by atoms with Gasteiger partial charge in [0.15, 0.2) is 0 Å². The molecule has 0 bridgehead atoms. The Morgan fingerprint density at radius 1 is 1.28 bits per heavy atom. The molecule has 0 saturated heterocycles. The van der Waals surface area contributed by atoms with Crippen molar-refractivity contribution in [3.8, 4) is 0 Å². The van der Waals surface area contributed by atoms with Crippen molar-refractivity contribution in [1.82, 2.24) is 0 Å². The Labute approximate surface area is 121 Å². The average Bonchev–Trinajstić information content (AvgIpc) is 2.25. The molecule has 0 fully saturated rings. The van der Waals surface area contributed by atoms with Crippen LogP contribution in [0.25, 0.3) is 0 Å². The molecule has 1 rings (SSSR count). The number of hydrogen-bond acceptors (Lipinski definition) is 2. The second-order valence-electron chi connectivity index (χ2n) is 5.63. The highest BCUT2D eigenvalue weighted by molar-refractivity contribution is 9.10. The highest BCUT2D eigenvalue weighted by atomic mass is 79.9. The maximum atomic E-state index is 6.20. The number of halogens is 1. The van der Waals surface area contributed by atoms with Gasteiger partial charge in [-0.3, -0.25) is 0 Å². The molecule has 18 heavy (non-hydrogen) atoms. The molecule has 0 aliphatic carbocycles. The molecule has 0 radical (unpaired) electrons. The Morgan fingerprint density at radius 2 is 1.89 bits per heavy atom. The first kappa shape index (κ1) is 15.9. The minimum atomic E-state index is -1.08. The molecule has 0 spiro atoms. The minimum absolute atomic E-state index is 0.193. The number of nitrogens with one attached hydrogen (secondary N) is 1. The van der Waals surface area contributed by atoms with Gasteiger partial charge in [-0.15, -0.1) is 10.3 Å². The lowest BCUT2D eigenvalue weighted by Gasteiger charge is -2.43. The SMILES string of the molecule is CNc1c(Br)cccc1COS(C)(C)C(C)(C)C. The molecular formula is C14H24BrNOS. The zero-order chi connectivity index (χ0) is 14.0. The van der Waals surface area contributed by atoms with Crippen molar-refractivity contribution in [3.63, 3.8) is 0 Å². The fourth-order valence-corrected chi connectivity index (χ4v) is 2.74. The molecular weight excluding hydrogens is 310 g/mol. The van der Waals surface area contributed by atoms with Gasteiger partial charge >= 0.3 is 0 Å². The van der Waals surface area contributed by atoms with Gasteiger partial charge in [0.05, 0.1) is 12.3 Å². The van der Waals surface area contributed by atoms with Crippen LogP contribution in [-0.4, -0.2) is 24.3 Å². The summed E-state index contributed by atoms with van der Waals surface area (Å²) in [5.74, 6) is 0. The van der Waals surface area contributed by atoms with E-state index in [4.69, 9.17) is 4.18 Å². The Hall–Kier alpha value is -0.190. The number of rotatable bonds is 4. The van der Waals surface area contributed by atoms with Crippen LogP contribution < -0.4 is 5.32 Å². The van der Waals surface area contributed by atoms with Crippen LogP contribution in [0.1, 0.15) is 26.3 Å². The topological polar surface area (TPSA) is 21.3 Å². The molecule has 4 heteroatoms. The van der Waals surface area contributed by atoms with E-state index < -0.39 is 10.3 Å². The zero-order valence-corrected chi connectivity index (χ0v) is 14.5. The van der Waals surface area contributed by atoms with Crippen LogP contribution in [0.4, 0.5) is 5.69 Å². The summed E-state index contributed by atoms with van der Waals surface area (Å²) in [6.45, 7) is 7.36. The van der Waals surface area contributed by atoms with Crippen molar-refractivity contribution in [2.24, 2.45) is 0 Å². The lowest BCUT2D eigenvalue weighted by Crippen LogP contribution is -2.25. The highest BCUT2D eigenvalue weighted by Crippen LogP contribution is 2.54. The fraction of sp³-hybridized carbons (Fsp3) is 0.571. The molecule has 0 amide bonds. The van der Waals surface area contributed by atoms with Gasteiger partial charge in [-0.25, -0.2) is 0 Å². The first-order chi connectivity index (χ1) is 8.19. The summed E-state index contributed by atoms with van der Waals surface area (Å²) in [5.41, 5.74) is 2.30. The van der Waals surface area contributed by atoms with Crippen molar-refractivity contribution in [1.29, 1.82) is 0 Å². The van der Waals surface area contributed by atoms with E-state index >= 15 is 0 Å². The van der Waals surface area contributed by atoms with E-state index in [1.165, 1.54) is 5.56 Å². The normalized spacial score (nSPS) is 13.5. The first-order valence-electron chi connectivity index (χ1n) is 6.01. The molecule has 0 saturated carbocycles. The van der Waals surface area contributed by atoms with Crippen molar-refractivity contribution < 1.29 is 4.18 Å². The summed E-state index contributed by atoms with van der Waals surface area (Å²) >= 11 is 3.56. The van der Waals surface area contributed by atoms with E-state index in [9.17, 15) is 0 Å². The Bertz CT molecular complexity index is 413. The molecule has 0 aliphatic heterocycles. The molecule has 1 aromatic carbocycles. The predicted molar refractivity (Wildman–Crippen MR) is 87.7 cm³/mol. The molecule has 0 heterocycles. The van der Waals surface area contributed by atoms with Crippen LogP contribution in [-0.2, 0) is 10.8 Å². The number of hydrogen-bond donors (Lipinski definition) is 1. The predicted octanol–water partition coefficient (Wildman–Crippen LogP) is 4.79. The van der Waals surface area contributed by atoms with Gasteiger partial charge in [0.1, 0.15) is 0 Å². The summed E-state index contributed by atoms with van der Waals surface area (Å²) in [6.07, 6.45) is 4.45. The third-order valence-corrected chi connectivity index (χ3v) is 7.65. The van der Waals surface area contributed by atoms with E-state index in [1.54, 1.807) is 0 Å². The van der Waals surface area contributed by atoms with Crippen LogP contribution in [0.3, 0.4) is 0 Å². The molecule has 104 valence electrons. The second kappa shape index (κ2) is 5.85. The lowest BCUT2D eigenvalue weighted by molar-refractivity contribution is 0.339. The average molecular weight is 334 g/mol. The maximum Gasteiger partial charge on any atom is 0.0863 e. The second-order valence-corrected chi connectivity index (χ2v) is 10.4. The molecule has 0 unspecified atom stereocenters. The molecule has 2 nitrogen and oxygen atoms in total. The van der Waals surface area contributed by atoms with E-state index in [1.807, 2.05) is 19.2 Å². The van der Waals surface area contributed by atoms with E-state index in [0.717, 1.165) is 10.2 Å². The van der Waals surface area contributed by atoms with Crippen LogP contribution in [0.15, 0.2) is 22.7 Å². The summed E-state index contributed by atoms with van der Waals surface area (Å²) < 4.78 is 7.47. The van der Waals surface area contributed by atoms with Gasteiger partial charge in [-0.1, -0.05) is 32.9 Å². The third-order valence-electron chi connectivity index (χ3n) is 3.33. The fourth-order valence-electron chi connectivity index (χ4n) is 1.36. The molecule has 0 aromatic heterocycles. The summed E-state index contributed by atoms with van der Waals surface area (Å²) in [6, 6.07) is 6.19. The van der Waals surface area contributed by atoms with Gasteiger partial charge in [0.2, 0.25) is 0 Å². The van der Waals surface area contributed by atoms with Crippen LogP contribution in [0.5, 0.6) is 0 Å². The van der Waals surface area contributed by atoms with E-state index in [-0.39, 0.29) is 4.75 Å². The first-order valence-corrected chi connectivity index (χ1v) is 9.18. The Morgan fingerprint density at radius 3 is 2.39 bits per heavy atom. The van der Waals surface area contributed by atoms with Gasteiger partial charge in [-0.05, 0) is 34.5 Å². The van der Waals surface area contributed by atoms with Gasteiger partial charge < -0.3 is 9.50 Å². The van der Waals surface area contributed by atoms with Gasteiger partial charge in [0.25, 0.3) is 0 Å². The van der Waals surface area contributed by atoms with Crippen molar-refractivity contribution in [2.45, 2.75) is 32.1 Å². The monoisotopic (exact) mass is 333 g/mol. The maximum absolute atomic E-state index is 6.20. The summed E-state index contributed by atoms with van der Waals surface area (Å²) in [4.78, 5) is 0. The van der Waals surface area contributed by atoms with E-state index in [2.05, 4.69) is 60.6 Å². The minimum Gasteiger partial charge on any atom is -0.387 e. The van der Waals surface area contributed by atoms with Crippen LogP contribution in [0.2, 0.25) is 0 Å². The number of benzene rings is 1. The van der Waals surface area contributed by atoms with Crippen molar-refractivity contribution in [3.05, 3.63) is 28.2 Å². The summed E-state index contributed by atoms with van der Waals surface area (Å²) in [5, 5.41) is 3.22. The molecule has 1 N–H and O–H groups in total. The quantitative estimate of drug-likeness (QED) is 0.855. The Kier molecular flexibility index (Phi) is 5.15. The standard InChI is InChI=1S/C14H24BrNOS/c1-14(2,3)18(5,6)17-10-11-8-7-9-12(15)13(11)16-4/h7-9,16H,10H2,1-6H3. The number of anilines is 1. The smallest absolute Gasteiger partial charge is 0.0863 e. The largest absolute Gasteiger partial charge is 0.387 e. The van der Waals surface area contributed by atoms with Crippen molar-refractivity contribution in [2.75, 3.05) is 24.9 Å². The van der Waals surface area contributed by atoms with E-state index in [0.29, 0.717) is 6.61 Å². The molecule has 0 atom stereocenters. The number of para-hydroxylation sites is 1. The summed E-state index contributed by atoms with van der Waals surface area (Å²) in [7, 11) is 0.859. The highest BCUT2D eigenvalue weighted by Gasteiger charge is 2.28. The van der Waals surface area contributed by atoms with Crippen molar-refractivity contribution >= 4 is 31.9 Å². The zero-order valence-electron chi connectivity index (χ0n) is 12.1. The van der Waals surface area contributed by atoms with Gasteiger partial charge in [-0.2, -0.15) is 0 Å². The van der Waals surface area contributed by atoms with Crippen LogP contribution >= 0.6 is 26.2 Å². The van der Waals surface area contributed by atoms with Gasteiger partial charge in [0, 0.05) is 21.8 Å².